The van der Waals surface area contributed by atoms with Crippen molar-refractivity contribution in [3.05, 3.63) is 52.0 Å². The molecule has 2 aromatic carbocycles. The number of hydrogen-bond donors (Lipinski definition) is 2. The lowest BCUT2D eigenvalue weighted by atomic mass is 10.2. The highest BCUT2D eigenvalue weighted by Gasteiger charge is 2.25. The minimum atomic E-state index is -4.42. The van der Waals surface area contributed by atoms with Crippen LogP contribution in [0.3, 0.4) is 0 Å². The van der Waals surface area contributed by atoms with E-state index in [9.17, 15) is 17.2 Å². The van der Waals surface area contributed by atoms with Crippen molar-refractivity contribution in [2.75, 3.05) is 10.5 Å². The van der Waals surface area contributed by atoms with Gasteiger partial charge in [0.2, 0.25) is 0 Å². The van der Waals surface area contributed by atoms with Gasteiger partial charge in [0.25, 0.3) is 10.0 Å². The second kappa shape index (κ2) is 5.61. The molecule has 0 aliphatic rings. The summed E-state index contributed by atoms with van der Waals surface area (Å²) in [6.07, 6.45) is 0. The van der Waals surface area contributed by atoms with Crippen molar-refractivity contribution in [2.24, 2.45) is 0 Å². The number of rotatable bonds is 3. The number of nitrogen functional groups attached to an aromatic ring is 1. The maximum Gasteiger partial charge on any atom is 0.267 e. The lowest BCUT2D eigenvalue weighted by Crippen LogP contribution is -2.17. The Morgan fingerprint density at radius 2 is 1.76 bits per heavy atom. The van der Waals surface area contributed by atoms with Gasteiger partial charge in [-0.25, -0.2) is 17.2 Å². The number of nitrogens with one attached hydrogen (secondary N) is 1. The Morgan fingerprint density at radius 1 is 1.19 bits per heavy atom. The molecule has 3 N–H and O–H groups in total. The monoisotopic (exact) mass is 376 g/mol. The molecule has 112 valence electrons. The molecule has 2 rings (SSSR count). The van der Waals surface area contributed by atoms with Gasteiger partial charge in [0.05, 0.1) is 5.69 Å². The van der Waals surface area contributed by atoms with E-state index in [1.165, 1.54) is 6.07 Å². The van der Waals surface area contributed by atoms with Gasteiger partial charge in [0.1, 0.15) is 11.6 Å². The molecule has 0 aliphatic heterocycles. The summed E-state index contributed by atoms with van der Waals surface area (Å²) in [5.74, 6) is -2.49. The molecule has 0 saturated heterocycles. The maximum absolute atomic E-state index is 13.7. The number of aryl methyl sites for hydroxylation is 1. The smallest absolute Gasteiger partial charge is 0.267 e. The third-order valence-electron chi connectivity index (χ3n) is 2.73. The molecule has 0 radical (unpaired) electrons. The predicted molar refractivity (Wildman–Crippen MR) is 80.5 cm³/mol. The Balaban J connectivity index is 2.51. The number of benzene rings is 2. The molecule has 0 atom stereocenters. The fraction of sp³-hybridized carbons (Fsp3) is 0.0769. The van der Waals surface area contributed by atoms with E-state index in [1.807, 2.05) is 0 Å². The molecule has 0 amide bonds. The zero-order valence-electron chi connectivity index (χ0n) is 10.8. The van der Waals surface area contributed by atoms with Gasteiger partial charge in [-0.1, -0.05) is 12.1 Å². The fourth-order valence-corrected chi connectivity index (χ4v) is 3.45. The molecule has 0 aromatic heterocycles. The first-order valence-electron chi connectivity index (χ1n) is 5.75. The van der Waals surface area contributed by atoms with Crippen LogP contribution in [0.15, 0.2) is 39.7 Å². The van der Waals surface area contributed by atoms with Crippen LogP contribution in [-0.4, -0.2) is 8.42 Å². The standard InChI is InChI=1S/C13H11BrF2N2O2S/c1-7-3-2-4-11(12(7)14)18-21(19,20)13-9(15)5-8(17)6-10(13)16/h2-6,18H,17H2,1H3. The summed E-state index contributed by atoms with van der Waals surface area (Å²) in [5.41, 5.74) is 6.03. The largest absolute Gasteiger partial charge is 0.399 e. The summed E-state index contributed by atoms with van der Waals surface area (Å²) in [6.45, 7) is 1.76. The molecule has 8 heteroatoms. The molecule has 0 bridgehead atoms. The van der Waals surface area contributed by atoms with Gasteiger partial charge < -0.3 is 5.73 Å². The van der Waals surface area contributed by atoms with E-state index in [0.29, 0.717) is 4.47 Å². The first-order valence-corrected chi connectivity index (χ1v) is 8.02. The normalized spacial score (nSPS) is 11.4. The molecule has 4 nitrogen and oxygen atoms in total. The zero-order valence-corrected chi connectivity index (χ0v) is 13.2. The third kappa shape index (κ3) is 3.16. The summed E-state index contributed by atoms with van der Waals surface area (Å²) in [6, 6.07) is 6.35. The first-order chi connectivity index (χ1) is 9.72. The molecule has 2 aromatic rings. The number of nitrogens with two attached hydrogens (primary N) is 1. The van der Waals surface area contributed by atoms with Gasteiger partial charge in [0.15, 0.2) is 4.90 Å². The Hall–Kier alpha value is -1.67. The van der Waals surface area contributed by atoms with Crippen LogP contribution < -0.4 is 10.5 Å². The molecule has 0 saturated carbocycles. The van der Waals surface area contributed by atoms with Crippen LogP contribution in [-0.2, 0) is 10.0 Å². The van der Waals surface area contributed by atoms with E-state index in [2.05, 4.69) is 20.7 Å². The number of anilines is 2. The quantitative estimate of drug-likeness (QED) is 0.806. The summed E-state index contributed by atoms with van der Waals surface area (Å²) < 4.78 is 54.4. The van der Waals surface area contributed by atoms with E-state index in [1.54, 1.807) is 19.1 Å². The van der Waals surface area contributed by atoms with Gasteiger partial charge in [-0.05, 0) is 46.6 Å². The van der Waals surface area contributed by atoms with Crippen molar-refractivity contribution >= 4 is 37.3 Å². The van der Waals surface area contributed by atoms with E-state index in [0.717, 1.165) is 17.7 Å². The van der Waals surface area contributed by atoms with Crippen molar-refractivity contribution in [1.82, 2.24) is 0 Å². The van der Waals surface area contributed by atoms with Crippen molar-refractivity contribution in [3.63, 3.8) is 0 Å². The summed E-state index contributed by atoms with van der Waals surface area (Å²) >= 11 is 3.22. The average Bonchev–Trinajstić information content (AvgIpc) is 2.33. The third-order valence-corrected chi connectivity index (χ3v) is 5.19. The molecule has 0 fully saturated rings. The Morgan fingerprint density at radius 3 is 2.33 bits per heavy atom. The van der Waals surface area contributed by atoms with Crippen LogP contribution in [0.25, 0.3) is 0 Å². The number of halogens is 3. The Bertz CT molecular complexity index is 787. The Kier molecular flexibility index (Phi) is 4.20. The van der Waals surface area contributed by atoms with E-state index in [4.69, 9.17) is 5.73 Å². The highest BCUT2D eigenvalue weighted by molar-refractivity contribution is 9.10. The van der Waals surface area contributed by atoms with E-state index < -0.39 is 26.6 Å². The molecule has 0 unspecified atom stereocenters. The summed E-state index contributed by atoms with van der Waals surface area (Å²) in [5, 5.41) is 0. The second-order valence-electron chi connectivity index (χ2n) is 4.36. The number of hydrogen-bond acceptors (Lipinski definition) is 3. The highest BCUT2D eigenvalue weighted by Crippen LogP contribution is 2.29. The number of sulfonamides is 1. The Labute approximate surface area is 129 Å². The first kappa shape index (κ1) is 15.7. The van der Waals surface area contributed by atoms with Gasteiger partial charge >= 0.3 is 0 Å². The molecular formula is C13H11BrF2N2O2S. The minimum Gasteiger partial charge on any atom is -0.399 e. The molecular weight excluding hydrogens is 366 g/mol. The van der Waals surface area contributed by atoms with E-state index >= 15 is 0 Å². The lowest BCUT2D eigenvalue weighted by Gasteiger charge is -2.12. The summed E-state index contributed by atoms with van der Waals surface area (Å²) in [4.78, 5) is -1.06. The maximum atomic E-state index is 13.7. The molecule has 21 heavy (non-hydrogen) atoms. The average molecular weight is 377 g/mol. The minimum absolute atomic E-state index is 0.186. The van der Waals surface area contributed by atoms with Crippen LogP contribution in [0.2, 0.25) is 0 Å². The molecule has 0 heterocycles. The molecule has 0 aliphatic carbocycles. The van der Waals surface area contributed by atoms with Crippen LogP contribution in [0.1, 0.15) is 5.56 Å². The van der Waals surface area contributed by atoms with Crippen molar-refractivity contribution < 1.29 is 17.2 Å². The van der Waals surface area contributed by atoms with Crippen LogP contribution in [0, 0.1) is 18.6 Å². The SMILES string of the molecule is Cc1cccc(NS(=O)(=O)c2c(F)cc(N)cc2F)c1Br. The van der Waals surface area contributed by atoms with Crippen LogP contribution in [0.5, 0.6) is 0 Å². The van der Waals surface area contributed by atoms with Crippen molar-refractivity contribution in [3.8, 4) is 0 Å². The van der Waals surface area contributed by atoms with Crippen LogP contribution >= 0.6 is 15.9 Å². The van der Waals surface area contributed by atoms with Gasteiger partial charge in [-0.3, -0.25) is 4.72 Å². The van der Waals surface area contributed by atoms with Gasteiger partial charge in [0, 0.05) is 10.2 Å². The van der Waals surface area contributed by atoms with E-state index in [-0.39, 0.29) is 11.4 Å². The fourth-order valence-electron chi connectivity index (χ4n) is 1.76. The zero-order chi connectivity index (χ0) is 15.8. The second-order valence-corrected chi connectivity index (χ2v) is 6.77. The highest BCUT2D eigenvalue weighted by atomic mass is 79.9. The van der Waals surface area contributed by atoms with Crippen molar-refractivity contribution in [2.45, 2.75) is 11.8 Å². The van der Waals surface area contributed by atoms with Gasteiger partial charge in [-0.15, -0.1) is 0 Å². The topological polar surface area (TPSA) is 72.2 Å². The molecule has 0 spiro atoms. The van der Waals surface area contributed by atoms with Gasteiger partial charge in [-0.2, -0.15) is 0 Å². The lowest BCUT2D eigenvalue weighted by molar-refractivity contribution is 0.522. The van der Waals surface area contributed by atoms with Crippen molar-refractivity contribution in [1.29, 1.82) is 0 Å². The van der Waals surface area contributed by atoms with Crippen LogP contribution in [0.4, 0.5) is 20.2 Å². The summed E-state index contributed by atoms with van der Waals surface area (Å²) in [7, 11) is -4.42. The predicted octanol–water partition coefficient (Wildman–Crippen LogP) is 3.42.